The summed E-state index contributed by atoms with van der Waals surface area (Å²) in [5, 5.41) is 0. The molecule has 0 fully saturated rings. The summed E-state index contributed by atoms with van der Waals surface area (Å²) < 4.78 is 5.33. The Bertz CT molecular complexity index is 234. The van der Waals surface area contributed by atoms with E-state index in [1.54, 1.807) is 6.26 Å². The van der Waals surface area contributed by atoms with Crippen LogP contribution in [0.1, 0.15) is 129 Å². The standard InChI is InChI=1S/C23H46O/c1-3-5-6-7-8-9-10-11-12-13-14-15-16-17-18-19-20-21-23-24-22-4-2/h4,22H,3,5-21,23H2,1-2H3. The van der Waals surface area contributed by atoms with Crippen molar-refractivity contribution in [3.05, 3.63) is 12.3 Å². The minimum atomic E-state index is 0.892. The monoisotopic (exact) mass is 338 g/mol. The van der Waals surface area contributed by atoms with Gasteiger partial charge in [0, 0.05) is 0 Å². The highest BCUT2D eigenvalue weighted by molar-refractivity contribution is 4.64. The van der Waals surface area contributed by atoms with Crippen molar-refractivity contribution in [3.8, 4) is 0 Å². The molecule has 0 aromatic rings. The molecular formula is C23H46O. The molecule has 0 aliphatic heterocycles. The van der Waals surface area contributed by atoms with E-state index in [4.69, 9.17) is 4.74 Å². The predicted octanol–water partition coefficient (Wildman–Crippen LogP) is 8.58. The lowest BCUT2D eigenvalue weighted by atomic mass is 10.0. The van der Waals surface area contributed by atoms with E-state index >= 15 is 0 Å². The van der Waals surface area contributed by atoms with Crippen molar-refractivity contribution >= 4 is 0 Å². The summed E-state index contributed by atoms with van der Waals surface area (Å²) in [6, 6.07) is 0. The third kappa shape index (κ3) is 21.5. The Labute approximate surface area is 153 Å². The minimum absolute atomic E-state index is 0.892. The molecule has 0 N–H and O–H groups in total. The molecule has 0 heterocycles. The molecule has 0 bridgehead atoms. The van der Waals surface area contributed by atoms with Crippen LogP contribution >= 0.6 is 0 Å². The Hall–Kier alpha value is -0.460. The Kier molecular flexibility index (Phi) is 22.1. The van der Waals surface area contributed by atoms with Gasteiger partial charge in [0.25, 0.3) is 0 Å². The maximum Gasteiger partial charge on any atom is 0.0873 e. The van der Waals surface area contributed by atoms with Gasteiger partial charge in [0.15, 0.2) is 0 Å². The molecule has 0 aliphatic carbocycles. The molecule has 144 valence electrons. The lowest BCUT2D eigenvalue weighted by Gasteiger charge is -2.04. The summed E-state index contributed by atoms with van der Waals surface area (Å²) in [5.74, 6) is 0. The molecule has 24 heavy (non-hydrogen) atoms. The number of hydrogen-bond acceptors (Lipinski definition) is 1. The first kappa shape index (κ1) is 23.5. The van der Waals surface area contributed by atoms with E-state index in [0.29, 0.717) is 0 Å². The van der Waals surface area contributed by atoms with Crippen molar-refractivity contribution in [2.45, 2.75) is 129 Å². The van der Waals surface area contributed by atoms with Gasteiger partial charge in [0.05, 0.1) is 12.9 Å². The second kappa shape index (κ2) is 22.5. The van der Waals surface area contributed by atoms with E-state index in [1.807, 2.05) is 13.0 Å². The van der Waals surface area contributed by atoms with Gasteiger partial charge in [-0.1, -0.05) is 122 Å². The van der Waals surface area contributed by atoms with Crippen LogP contribution in [0, 0.1) is 0 Å². The van der Waals surface area contributed by atoms with Gasteiger partial charge in [-0.2, -0.15) is 0 Å². The first-order valence-electron chi connectivity index (χ1n) is 11.1. The van der Waals surface area contributed by atoms with Gasteiger partial charge in [-0.05, 0) is 13.3 Å². The average Bonchev–Trinajstić information content (AvgIpc) is 2.60. The molecule has 0 radical (unpaired) electrons. The summed E-state index contributed by atoms with van der Waals surface area (Å²) in [4.78, 5) is 0. The third-order valence-electron chi connectivity index (χ3n) is 4.85. The van der Waals surface area contributed by atoms with E-state index in [-0.39, 0.29) is 0 Å². The van der Waals surface area contributed by atoms with E-state index in [1.165, 1.54) is 116 Å². The Balaban J connectivity index is 2.95. The van der Waals surface area contributed by atoms with Crippen molar-refractivity contribution in [2.24, 2.45) is 0 Å². The van der Waals surface area contributed by atoms with Crippen LogP contribution in [0.4, 0.5) is 0 Å². The molecule has 1 heteroatoms. The second-order valence-electron chi connectivity index (χ2n) is 7.35. The molecule has 0 aromatic carbocycles. The zero-order valence-electron chi connectivity index (χ0n) is 17.0. The SMILES string of the molecule is CC=COCCCCCCCCCCCCCCCCCCCC. The lowest BCUT2D eigenvalue weighted by molar-refractivity contribution is 0.240. The highest BCUT2D eigenvalue weighted by atomic mass is 16.5. The fourth-order valence-corrected chi connectivity index (χ4v) is 3.25. The molecule has 0 unspecified atom stereocenters. The van der Waals surface area contributed by atoms with Gasteiger partial charge >= 0.3 is 0 Å². The molecule has 0 saturated heterocycles. The van der Waals surface area contributed by atoms with Crippen LogP contribution in [0.3, 0.4) is 0 Å². The molecule has 0 atom stereocenters. The van der Waals surface area contributed by atoms with Gasteiger partial charge in [-0.25, -0.2) is 0 Å². The van der Waals surface area contributed by atoms with Crippen molar-refractivity contribution in [1.29, 1.82) is 0 Å². The minimum Gasteiger partial charge on any atom is -0.502 e. The number of unbranched alkanes of at least 4 members (excludes halogenated alkanes) is 17. The molecule has 0 saturated carbocycles. The van der Waals surface area contributed by atoms with E-state index in [0.717, 1.165) is 6.61 Å². The molecule has 0 aliphatic rings. The molecular weight excluding hydrogens is 292 g/mol. The maximum atomic E-state index is 5.33. The van der Waals surface area contributed by atoms with Crippen LogP contribution in [0.15, 0.2) is 12.3 Å². The topological polar surface area (TPSA) is 9.23 Å². The lowest BCUT2D eigenvalue weighted by Crippen LogP contribution is -1.88. The fourth-order valence-electron chi connectivity index (χ4n) is 3.25. The predicted molar refractivity (Wildman–Crippen MR) is 110 cm³/mol. The van der Waals surface area contributed by atoms with Gasteiger partial charge in [-0.15, -0.1) is 0 Å². The highest BCUT2D eigenvalue weighted by Gasteiger charge is 1.95. The van der Waals surface area contributed by atoms with Gasteiger partial charge < -0.3 is 4.74 Å². The van der Waals surface area contributed by atoms with Crippen LogP contribution in [-0.4, -0.2) is 6.61 Å². The maximum absolute atomic E-state index is 5.33. The van der Waals surface area contributed by atoms with E-state index < -0.39 is 0 Å². The van der Waals surface area contributed by atoms with Crippen LogP contribution in [-0.2, 0) is 4.74 Å². The Morgan fingerprint density at radius 1 is 0.500 bits per heavy atom. The van der Waals surface area contributed by atoms with E-state index in [2.05, 4.69) is 6.92 Å². The quantitative estimate of drug-likeness (QED) is 0.159. The molecule has 0 aromatic heterocycles. The summed E-state index contributed by atoms with van der Waals surface area (Å²) in [6.45, 7) is 5.18. The molecule has 0 amide bonds. The first-order valence-corrected chi connectivity index (χ1v) is 11.1. The largest absolute Gasteiger partial charge is 0.502 e. The van der Waals surface area contributed by atoms with Crippen LogP contribution in [0.25, 0.3) is 0 Å². The number of allylic oxidation sites excluding steroid dienone is 1. The summed E-state index contributed by atoms with van der Waals surface area (Å²) in [6.07, 6.45) is 29.5. The van der Waals surface area contributed by atoms with Crippen molar-refractivity contribution in [2.75, 3.05) is 6.61 Å². The first-order chi connectivity index (χ1) is 11.9. The average molecular weight is 339 g/mol. The third-order valence-corrected chi connectivity index (χ3v) is 4.85. The van der Waals surface area contributed by atoms with Crippen LogP contribution in [0.2, 0.25) is 0 Å². The zero-order chi connectivity index (χ0) is 17.6. The summed E-state index contributed by atoms with van der Waals surface area (Å²) in [5.41, 5.74) is 0. The molecule has 0 spiro atoms. The Morgan fingerprint density at radius 3 is 1.17 bits per heavy atom. The number of ether oxygens (including phenoxy) is 1. The summed E-state index contributed by atoms with van der Waals surface area (Å²) in [7, 11) is 0. The van der Waals surface area contributed by atoms with Crippen LogP contribution in [0.5, 0.6) is 0 Å². The molecule has 1 nitrogen and oxygen atoms in total. The van der Waals surface area contributed by atoms with Gasteiger partial charge in [0.1, 0.15) is 0 Å². The van der Waals surface area contributed by atoms with Crippen molar-refractivity contribution in [3.63, 3.8) is 0 Å². The zero-order valence-corrected chi connectivity index (χ0v) is 17.0. The van der Waals surface area contributed by atoms with E-state index in [9.17, 15) is 0 Å². The smallest absolute Gasteiger partial charge is 0.0873 e. The Morgan fingerprint density at radius 2 is 0.833 bits per heavy atom. The second-order valence-corrected chi connectivity index (χ2v) is 7.35. The van der Waals surface area contributed by atoms with Crippen molar-refractivity contribution in [1.82, 2.24) is 0 Å². The number of rotatable bonds is 20. The normalized spacial score (nSPS) is 11.4. The summed E-state index contributed by atoms with van der Waals surface area (Å²) >= 11 is 0. The van der Waals surface area contributed by atoms with Crippen LogP contribution < -0.4 is 0 Å². The van der Waals surface area contributed by atoms with Gasteiger partial charge in [0.2, 0.25) is 0 Å². The highest BCUT2D eigenvalue weighted by Crippen LogP contribution is 2.14. The van der Waals surface area contributed by atoms with Gasteiger partial charge in [-0.3, -0.25) is 0 Å². The van der Waals surface area contributed by atoms with Crippen molar-refractivity contribution < 1.29 is 4.74 Å². The number of hydrogen-bond donors (Lipinski definition) is 0. The fraction of sp³-hybridized carbons (Fsp3) is 0.913. The molecule has 0 rings (SSSR count).